The van der Waals surface area contributed by atoms with Crippen molar-refractivity contribution >= 4 is 28.2 Å². The summed E-state index contributed by atoms with van der Waals surface area (Å²) in [5.41, 5.74) is 2.57. The molecule has 3 aromatic heterocycles. The minimum absolute atomic E-state index is 0.0166. The zero-order valence-electron chi connectivity index (χ0n) is 17.8. The molecular weight excluding hydrogens is 457 g/mol. The summed E-state index contributed by atoms with van der Waals surface area (Å²) in [4.78, 5) is 20.5. The van der Waals surface area contributed by atoms with E-state index in [1.165, 1.54) is 18.3 Å². The molecule has 1 unspecified atom stereocenters. The van der Waals surface area contributed by atoms with Gasteiger partial charge in [-0.15, -0.1) is 11.3 Å². The van der Waals surface area contributed by atoms with E-state index in [1.807, 2.05) is 32.0 Å². The highest BCUT2D eigenvalue weighted by atomic mass is 32.1. The number of H-pyrrole nitrogens is 1. The van der Waals surface area contributed by atoms with Gasteiger partial charge >= 0.3 is 12.1 Å². The van der Waals surface area contributed by atoms with Crippen LogP contribution in [0.1, 0.15) is 31.8 Å². The zero-order chi connectivity index (χ0) is 23.8. The Morgan fingerprint density at radius 1 is 1.15 bits per heavy atom. The highest BCUT2D eigenvalue weighted by Gasteiger charge is 2.42. The summed E-state index contributed by atoms with van der Waals surface area (Å²) in [6, 6.07) is 8.90. The number of carbonyl (C=O) groups is 1. The molecule has 4 rings (SSSR count). The summed E-state index contributed by atoms with van der Waals surface area (Å²) < 4.78 is 47.7. The van der Waals surface area contributed by atoms with Crippen LogP contribution in [0.25, 0.3) is 33.7 Å². The standard InChI is InChI=1S/C22H19F3N4O3S/c1-11(2)31-14-4-5-17-15(9-14)19(29-28-17)20-26-7-6-16(27-20)13-8-18(33-10-13)12(3)32-21(30)22(23,24)25/h4-12H,1-3H3,(H,28,29). The minimum atomic E-state index is -5.04. The molecule has 172 valence electrons. The van der Waals surface area contributed by atoms with Crippen LogP contribution in [0.2, 0.25) is 0 Å². The van der Waals surface area contributed by atoms with Gasteiger partial charge in [0.1, 0.15) is 17.5 Å². The van der Waals surface area contributed by atoms with Crippen LogP contribution in [-0.4, -0.2) is 38.4 Å². The fourth-order valence-corrected chi connectivity index (χ4v) is 4.01. The van der Waals surface area contributed by atoms with E-state index in [0.717, 1.165) is 10.9 Å². The second-order valence-corrected chi connectivity index (χ2v) is 8.44. The third-order valence-corrected chi connectivity index (χ3v) is 5.70. The van der Waals surface area contributed by atoms with Gasteiger partial charge in [-0.05, 0) is 51.1 Å². The molecule has 1 aromatic carbocycles. The van der Waals surface area contributed by atoms with Crippen molar-refractivity contribution in [2.45, 2.75) is 39.2 Å². The number of rotatable bonds is 6. The topological polar surface area (TPSA) is 90.0 Å². The molecule has 1 atom stereocenters. The van der Waals surface area contributed by atoms with Crippen molar-refractivity contribution < 1.29 is 27.4 Å². The van der Waals surface area contributed by atoms with Crippen molar-refractivity contribution in [2.75, 3.05) is 0 Å². The normalized spacial score (nSPS) is 12.8. The number of nitrogens with zero attached hydrogens (tertiary/aromatic N) is 3. The second kappa shape index (κ2) is 8.81. The van der Waals surface area contributed by atoms with E-state index in [-0.39, 0.29) is 6.10 Å². The first-order valence-corrected chi connectivity index (χ1v) is 10.8. The fraction of sp³-hybridized carbons (Fsp3) is 0.273. The predicted octanol–water partition coefficient (Wildman–Crippen LogP) is 5.70. The maximum atomic E-state index is 12.5. The van der Waals surface area contributed by atoms with Gasteiger partial charge in [-0.25, -0.2) is 14.8 Å². The largest absolute Gasteiger partial charge is 0.491 e. The number of aromatic nitrogens is 4. The van der Waals surface area contributed by atoms with Gasteiger partial charge in [-0.2, -0.15) is 18.3 Å². The van der Waals surface area contributed by atoms with Crippen LogP contribution >= 0.6 is 11.3 Å². The fourth-order valence-electron chi connectivity index (χ4n) is 3.13. The predicted molar refractivity (Wildman–Crippen MR) is 117 cm³/mol. The van der Waals surface area contributed by atoms with Crippen LogP contribution in [0.4, 0.5) is 13.2 Å². The van der Waals surface area contributed by atoms with Gasteiger partial charge in [-0.3, -0.25) is 5.10 Å². The van der Waals surface area contributed by atoms with Crippen molar-refractivity contribution in [3.05, 3.63) is 46.8 Å². The smallest absolute Gasteiger partial charge is 0.490 e. The number of aromatic amines is 1. The lowest BCUT2D eigenvalue weighted by molar-refractivity contribution is -0.204. The van der Waals surface area contributed by atoms with E-state index in [2.05, 4.69) is 24.9 Å². The first kappa shape index (κ1) is 22.7. The van der Waals surface area contributed by atoms with Gasteiger partial charge in [0.25, 0.3) is 0 Å². The highest BCUT2D eigenvalue weighted by molar-refractivity contribution is 7.10. The quantitative estimate of drug-likeness (QED) is 0.359. The van der Waals surface area contributed by atoms with Crippen LogP contribution < -0.4 is 4.74 Å². The lowest BCUT2D eigenvalue weighted by Gasteiger charge is -2.12. The number of hydrogen-bond donors (Lipinski definition) is 1. The van der Waals surface area contributed by atoms with E-state index in [1.54, 1.807) is 23.7 Å². The number of alkyl halides is 3. The Labute approximate surface area is 190 Å². The number of hydrogen-bond acceptors (Lipinski definition) is 7. The number of halogens is 3. The lowest BCUT2D eigenvalue weighted by Crippen LogP contribution is -2.26. The van der Waals surface area contributed by atoms with Gasteiger partial charge in [-0.1, -0.05) is 0 Å². The zero-order valence-corrected chi connectivity index (χ0v) is 18.6. The third kappa shape index (κ3) is 4.98. The molecule has 0 aliphatic carbocycles. The van der Waals surface area contributed by atoms with Crippen molar-refractivity contribution in [2.24, 2.45) is 0 Å². The van der Waals surface area contributed by atoms with Gasteiger partial charge in [0.15, 0.2) is 5.82 Å². The summed E-state index contributed by atoms with van der Waals surface area (Å²) in [5, 5.41) is 9.82. The minimum Gasteiger partial charge on any atom is -0.491 e. The van der Waals surface area contributed by atoms with E-state index in [0.29, 0.717) is 33.4 Å². The monoisotopic (exact) mass is 476 g/mol. The molecule has 0 aliphatic rings. The maximum absolute atomic E-state index is 12.5. The Morgan fingerprint density at radius 3 is 2.67 bits per heavy atom. The Balaban J connectivity index is 1.61. The Hall–Kier alpha value is -3.47. The van der Waals surface area contributed by atoms with Crippen molar-refractivity contribution in [1.29, 1.82) is 0 Å². The number of thiophene rings is 1. The molecule has 0 bridgehead atoms. The molecule has 3 heterocycles. The average molecular weight is 476 g/mol. The van der Waals surface area contributed by atoms with Crippen molar-refractivity contribution in [1.82, 2.24) is 20.2 Å². The Bertz CT molecular complexity index is 1300. The maximum Gasteiger partial charge on any atom is 0.490 e. The molecule has 0 fully saturated rings. The summed E-state index contributed by atoms with van der Waals surface area (Å²) in [6.07, 6.45) is -4.49. The Morgan fingerprint density at radius 2 is 1.94 bits per heavy atom. The first-order chi connectivity index (χ1) is 15.6. The first-order valence-electron chi connectivity index (χ1n) is 9.96. The summed E-state index contributed by atoms with van der Waals surface area (Å²) in [5.74, 6) is -1.15. The molecule has 1 N–H and O–H groups in total. The molecule has 33 heavy (non-hydrogen) atoms. The second-order valence-electron chi connectivity index (χ2n) is 7.49. The van der Waals surface area contributed by atoms with Crippen LogP contribution in [-0.2, 0) is 9.53 Å². The van der Waals surface area contributed by atoms with Crippen LogP contribution in [0.15, 0.2) is 41.9 Å². The van der Waals surface area contributed by atoms with Crippen molar-refractivity contribution in [3.63, 3.8) is 0 Å². The molecule has 0 aliphatic heterocycles. The summed E-state index contributed by atoms with van der Waals surface area (Å²) in [6.45, 7) is 5.26. The molecule has 7 nitrogen and oxygen atoms in total. The lowest BCUT2D eigenvalue weighted by atomic mass is 10.1. The summed E-state index contributed by atoms with van der Waals surface area (Å²) >= 11 is 1.18. The highest BCUT2D eigenvalue weighted by Crippen LogP contribution is 2.33. The Kier molecular flexibility index (Phi) is 6.07. The van der Waals surface area contributed by atoms with Gasteiger partial charge in [0, 0.05) is 27.4 Å². The SMILES string of the molecule is CC(C)Oc1ccc2[nH]nc(-c3nccc(-c4csc(C(C)OC(=O)C(F)(F)F)c4)n3)c2c1. The number of nitrogens with one attached hydrogen (secondary N) is 1. The van der Waals surface area contributed by atoms with E-state index in [9.17, 15) is 18.0 Å². The number of benzene rings is 1. The molecule has 0 amide bonds. The number of ether oxygens (including phenoxy) is 2. The molecular formula is C22H19F3N4O3S. The average Bonchev–Trinajstić information content (AvgIpc) is 3.40. The number of fused-ring (bicyclic) bond motifs is 1. The van der Waals surface area contributed by atoms with Crippen LogP contribution in [0.3, 0.4) is 0 Å². The van der Waals surface area contributed by atoms with E-state index < -0.39 is 18.2 Å². The molecule has 0 saturated carbocycles. The van der Waals surface area contributed by atoms with Crippen molar-refractivity contribution in [3.8, 4) is 28.5 Å². The number of esters is 1. The number of carbonyl (C=O) groups excluding carboxylic acids is 1. The van der Waals surface area contributed by atoms with Gasteiger partial charge in [0.05, 0.1) is 17.3 Å². The molecule has 4 aromatic rings. The van der Waals surface area contributed by atoms with E-state index >= 15 is 0 Å². The van der Waals surface area contributed by atoms with Gasteiger partial charge < -0.3 is 9.47 Å². The molecule has 0 spiro atoms. The molecule has 0 radical (unpaired) electrons. The van der Waals surface area contributed by atoms with Crippen LogP contribution in [0.5, 0.6) is 5.75 Å². The van der Waals surface area contributed by atoms with Crippen LogP contribution in [0, 0.1) is 0 Å². The molecule has 0 saturated heterocycles. The third-order valence-electron chi connectivity index (χ3n) is 4.60. The molecule has 11 heteroatoms. The van der Waals surface area contributed by atoms with Gasteiger partial charge in [0.2, 0.25) is 0 Å². The van der Waals surface area contributed by atoms with E-state index in [4.69, 9.17) is 4.74 Å². The summed E-state index contributed by atoms with van der Waals surface area (Å²) in [7, 11) is 0.